The van der Waals surface area contributed by atoms with Crippen LogP contribution in [0.15, 0.2) is 48.8 Å². The van der Waals surface area contributed by atoms with Gasteiger partial charge in [-0.25, -0.2) is 9.97 Å². The Morgan fingerprint density at radius 1 is 1.16 bits per heavy atom. The Bertz CT molecular complexity index is 1320. The lowest BCUT2D eigenvalue weighted by molar-refractivity contribution is 0.0961. The van der Waals surface area contributed by atoms with Gasteiger partial charge in [0.1, 0.15) is 18.4 Å². The highest BCUT2D eigenvalue weighted by atomic mass is 32.1. The molecule has 0 radical (unpaired) electrons. The fourth-order valence-corrected chi connectivity index (χ4v) is 4.74. The molecule has 2 heterocycles. The van der Waals surface area contributed by atoms with Crippen molar-refractivity contribution in [2.75, 3.05) is 12.0 Å². The molecule has 2 aromatic heterocycles. The van der Waals surface area contributed by atoms with Crippen molar-refractivity contribution in [2.45, 2.75) is 20.8 Å². The Morgan fingerprint density at radius 3 is 2.72 bits per heavy atom. The van der Waals surface area contributed by atoms with Crippen molar-refractivity contribution in [2.24, 2.45) is 0 Å². The lowest BCUT2D eigenvalue weighted by atomic mass is 10.1. The van der Waals surface area contributed by atoms with Crippen LogP contribution in [0.5, 0.6) is 5.75 Å². The number of hydrazine groups is 1. The van der Waals surface area contributed by atoms with Gasteiger partial charge in [-0.1, -0.05) is 18.2 Å². The van der Waals surface area contributed by atoms with Crippen LogP contribution in [0.25, 0.3) is 20.7 Å². The van der Waals surface area contributed by atoms with Crippen LogP contribution >= 0.6 is 11.3 Å². The van der Waals surface area contributed by atoms with Gasteiger partial charge in [0.15, 0.2) is 5.82 Å². The molecule has 32 heavy (non-hydrogen) atoms. The van der Waals surface area contributed by atoms with Crippen LogP contribution < -0.4 is 15.6 Å². The maximum atomic E-state index is 12.7. The number of carbonyl (C=O) groups is 2. The highest BCUT2D eigenvalue weighted by Gasteiger charge is 2.18. The monoisotopic (exact) mass is 446 g/mol. The molecule has 2 aromatic carbocycles. The molecule has 2 N–H and O–H groups in total. The number of nitrogens with zero attached hydrogens (tertiary/aromatic N) is 2. The van der Waals surface area contributed by atoms with E-state index in [0.29, 0.717) is 29.1 Å². The first-order valence-electron chi connectivity index (χ1n) is 10.1. The number of rotatable bonds is 7. The number of nitrogens with one attached hydrogen (secondary N) is 2. The fraction of sp³-hybridized carbons (Fsp3) is 0.167. The summed E-state index contributed by atoms with van der Waals surface area (Å²) >= 11 is 1.54. The Balaban J connectivity index is 1.64. The third kappa shape index (κ3) is 4.04. The SMILES string of the molecule is CCOc1ccccc1-c1sc2c(NNC(=O)c3ccc(C=O)cc3C)ncnc2c1C. The Hall–Kier alpha value is -3.78. The van der Waals surface area contributed by atoms with E-state index in [9.17, 15) is 9.59 Å². The van der Waals surface area contributed by atoms with Crippen molar-refractivity contribution in [3.05, 3.63) is 71.0 Å². The summed E-state index contributed by atoms with van der Waals surface area (Å²) in [5.74, 6) is 1.01. The van der Waals surface area contributed by atoms with Crippen molar-refractivity contribution >= 4 is 39.6 Å². The van der Waals surface area contributed by atoms with Crippen molar-refractivity contribution in [3.63, 3.8) is 0 Å². The molecule has 1 amide bonds. The molecule has 0 unspecified atom stereocenters. The number of amides is 1. The van der Waals surface area contributed by atoms with E-state index in [4.69, 9.17) is 4.74 Å². The number of hydrogen-bond donors (Lipinski definition) is 2. The van der Waals surface area contributed by atoms with Crippen molar-refractivity contribution in [3.8, 4) is 16.2 Å². The summed E-state index contributed by atoms with van der Waals surface area (Å²) in [6.07, 6.45) is 2.23. The Labute approximate surface area is 189 Å². The van der Waals surface area contributed by atoms with E-state index >= 15 is 0 Å². The van der Waals surface area contributed by atoms with Gasteiger partial charge in [0.2, 0.25) is 0 Å². The molecule has 0 spiro atoms. The minimum Gasteiger partial charge on any atom is -0.493 e. The zero-order chi connectivity index (χ0) is 22.7. The molecule has 0 saturated carbocycles. The first-order valence-corrected chi connectivity index (χ1v) is 10.9. The van der Waals surface area contributed by atoms with Crippen molar-refractivity contribution in [1.82, 2.24) is 15.4 Å². The van der Waals surface area contributed by atoms with Crippen LogP contribution in [0, 0.1) is 13.8 Å². The quantitative estimate of drug-likeness (QED) is 0.308. The van der Waals surface area contributed by atoms with E-state index in [2.05, 4.69) is 20.8 Å². The standard InChI is InChI=1S/C24H22N4O3S/c1-4-31-19-8-6-5-7-18(19)21-15(3)20-22(32-21)23(26-13-25-20)27-28-24(30)17-10-9-16(12-29)11-14(17)2/h5-13H,4H2,1-3H3,(H,28,30)(H,25,26,27). The molecule has 0 fully saturated rings. The van der Waals surface area contributed by atoms with E-state index in [1.807, 2.05) is 38.1 Å². The molecule has 0 aliphatic heterocycles. The molecule has 0 atom stereocenters. The number of carbonyl (C=O) groups excluding carboxylic acids is 2. The van der Waals surface area contributed by atoms with Gasteiger partial charge in [0.25, 0.3) is 5.91 Å². The second kappa shape index (κ2) is 9.15. The third-order valence-electron chi connectivity index (χ3n) is 5.06. The first-order chi connectivity index (χ1) is 15.5. The van der Waals surface area contributed by atoms with E-state index in [-0.39, 0.29) is 5.91 Å². The number of fused-ring (bicyclic) bond motifs is 1. The van der Waals surface area contributed by atoms with E-state index in [1.54, 1.807) is 36.5 Å². The summed E-state index contributed by atoms with van der Waals surface area (Å²) in [6, 6.07) is 12.8. The molecule has 4 rings (SSSR count). The molecule has 8 heteroatoms. The Kier molecular flexibility index (Phi) is 6.13. The van der Waals surface area contributed by atoms with E-state index in [0.717, 1.165) is 38.3 Å². The van der Waals surface area contributed by atoms with Gasteiger partial charge in [0.05, 0.1) is 16.8 Å². The third-order valence-corrected chi connectivity index (χ3v) is 6.38. The van der Waals surface area contributed by atoms with Gasteiger partial charge >= 0.3 is 0 Å². The van der Waals surface area contributed by atoms with Crippen LogP contribution in [0.4, 0.5) is 5.82 Å². The predicted octanol–water partition coefficient (Wildman–Crippen LogP) is 4.94. The average Bonchev–Trinajstić information content (AvgIpc) is 3.15. The molecule has 0 aliphatic carbocycles. The van der Waals surface area contributed by atoms with Crippen LogP contribution in [0.1, 0.15) is 38.8 Å². The smallest absolute Gasteiger partial charge is 0.269 e. The number of benzene rings is 2. The van der Waals surface area contributed by atoms with Crippen LogP contribution in [-0.2, 0) is 0 Å². The van der Waals surface area contributed by atoms with Crippen LogP contribution in [0.2, 0.25) is 0 Å². The molecule has 4 aromatic rings. The van der Waals surface area contributed by atoms with Gasteiger partial charge in [-0.3, -0.25) is 20.4 Å². The topological polar surface area (TPSA) is 93.2 Å². The highest BCUT2D eigenvalue weighted by Crippen LogP contribution is 2.42. The van der Waals surface area contributed by atoms with Gasteiger partial charge in [0, 0.05) is 21.6 Å². The fourth-order valence-electron chi connectivity index (χ4n) is 3.50. The average molecular weight is 447 g/mol. The zero-order valence-corrected chi connectivity index (χ0v) is 18.7. The van der Waals surface area contributed by atoms with Gasteiger partial charge < -0.3 is 4.74 Å². The van der Waals surface area contributed by atoms with Crippen molar-refractivity contribution in [1.29, 1.82) is 0 Å². The number of aromatic nitrogens is 2. The summed E-state index contributed by atoms with van der Waals surface area (Å²) in [5.41, 5.74) is 10.2. The van der Waals surface area contributed by atoms with Gasteiger partial charge in [-0.2, -0.15) is 0 Å². The zero-order valence-electron chi connectivity index (χ0n) is 17.9. The number of aryl methyl sites for hydroxylation is 2. The number of anilines is 1. The molecular weight excluding hydrogens is 424 g/mol. The van der Waals surface area contributed by atoms with Gasteiger partial charge in [-0.05, 0) is 56.2 Å². The summed E-state index contributed by atoms with van der Waals surface area (Å²) < 4.78 is 6.64. The van der Waals surface area contributed by atoms with Crippen LogP contribution in [0.3, 0.4) is 0 Å². The van der Waals surface area contributed by atoms with Crippen molar-refractivity contribution < 1.29 is 14.3 Å². The minimum absolute atomic E-state index is 0.318. The molecular formula is C24H22N4O3S. The normalized spacial score (nSPS) is 10.7. The summed E-state index contributed by atoms with van der Waals surface area (Å²) in [6.45, 7) is 6.34. The highest BCUT2D eigenvalue weighted by molar-refractivity contribution is 7.23. The summed E-state index contributed by atoms with van der Waals surface area (Å²) in [5, 5.41) is 0. The largest absolute Gasteiger partial charge is 0.493 e. The molecule has 0 aliphatic rings. The number of para-hydroxylation sites is 1. The van der Waals surface area contributed by atoms with E-state index in [1.165, 1.54) is 6.33 Å². The predicted molar refractivity (Wildman–Crippen MR) is 126 cm³/mol. The lowest BCUT2D eigenvalue weighted by Gasteiger charge is -2.10. The second-order valence-corrected chi connectivity index (χ2v) is 8.18. The number of thiophene rings is 1. The molecule has 162 valence electrons. The number of aldehydes is 1. The van der Waals surface area contributed by atoms with E-state index < -0.39 is 0 Å². The first kappa shape index (κ1) is 21.5. The maximum Gasteiger partial charge on any atom is 0.269 e. The minimum atomic E-state index is -0.318. The second-order valence-electron chi connectivity index (χ2n) is 7.16. The molecule has 0 bridgehead atoms. The summed E-state index contributed by atoms with van der Waals surface area (Å²) in [4.78, 5) is 33.4. The summed E-state index contributed by atoms with van der Waals surface area (Å²) in [7, 11) is 0. The Morgan fingerprint density at radius 2 is 1.97 bits per heavy atom. The number of hydrogen-bond acceptors (Lipinski definition) is 7. The number of ether oxygens (including phenoxy) is 1. The lowest BCUT2D eigenvalue weighted by Crippen LogP contribution is -2.30. The maximum absolute atomic E-state index is 12.7. The molecule has 0 saturated heterocycles. The molecule has 7 nitrogen and oxygen atoms in total. The van der Waals surface area contributed by atoms with Gasteiger partial charge in [-0.15, -0.1) is 11.3 Å². The van der Waals surface area contributed by atoms with Crippen LogP contribution in [-0.4, -0.2) is 28.8 Å².